The van der Waals surface area contributed by atoms with Crippen molar-refractivity contribution in [2.45, 2.75) is 112 Å². The molecule has 3 rings (SSSR count). The van der Waals surface area contributed by atoms with Gasteiger partial charge in [0.25, 0.3) is 0 Å². The molecule has 2 aromatic rings. The molecule has 1 aliphatic rings. The lowest BCUT2D eigenvalue weighted by Gasteiger charge is -2.43. The van der Waals surface area contributed by atoms with Crippen LogP contribution in [0.4, 0.5) is 22.0 Å². The Hall–Kier alpha value is -2.49. The zero-order chi connectivity index (χ0) is 31.0. The molecule has 1 aliphatic heterocycles. The van der Waals surface area contributed by atoms with E-state index in [1.54, 1.807) is 30.0 Å². The number of alkyl halides is 5. The quantitative estimate of drug-likeness (QED) is 0.129. The predicted octanol–water partition coefficient (Wildman–Crippen LogP) is 9.82. The van der Waals surface area contributed by atoms with Gasteiger partial charge in [-0.25, -0.2) is 0 Å². The van der Waals surface area contributed by atoms with Gasteiger partial charge in [0, 0.05) is 22.5 Å². The fourth-order valence-electron chi connectivity index (χ4n) is 5.93. The van der Waals surface area contributed by atoms with E-state index in [1.165, 1.54) is 11.1 Å². The number of aliphatic carboxylic acids is 1. The second-order valence-corrected chi connectivity index (χ2v) is 12.7. The molecule has 0 aromatic heterocycles. The minimum absolute atomic E-state index is 0.133. The molecule has 0 amide bonds. The van der Waals surface area contributed by atoms with E-state index in [-0.39, 0.29) is 35.7 Å². The van der Waals surface area contributed by atoms with E-state index in [4.69, 9.17) is 0 Å². The van der Waals surface area contributed by atoms with Crippen molar-refractivity contribution in [1.29, 1.82) is 0 Å². The lowest BCUT2D eigenvalue weighted by Crippen LogP contribution is -2.36. The highest BCUT2D eigenvalue weighted by atomic mass is 32.2. The van der Waals surface area contributed by atoms with Crippen LogP contribution in [0.5, 0.6) is 11.5 Å². The number of rotatable bonds is 16. The Bertz CT molecular complexity index is 1150. The van der Waals surface area contributed by atoms with E-state index in [2.05, 4.69) is 6.92 Å². The number of phenolic OH excluding ortho intramolecular Hbond substituents is 2. The van der Waals surface area contributed by atoms with Crippen LogP contribution in [0, 0.1) is 5.92 Å². The number of carboxylic acids is 1. The van der Waals surface area contributed by atoms with Crippen LogP contribution in [0.1, 0.15) is 101 Å². The average Bonchev–Trinajstić information content (AvgIpc) is 2.91. The first-order valence-electron chi connectivity index (χ1n) is 14.7. The van der Waals surface area contributed by atoms with Crippen LogP contribution in [0.3, 0.4) is 0 Å². The second kappa shape index (κ2) is 14.8. The van der Waals surface area contributed by atoms with Gasteiger partial charge in [-0.3, -0.25) is 4.79 Å². The van der Waals surface area contributed by atoms with Crippen LogP contribution in [-0.4, -0.2) is 39.1 Å². The second-order valence-electron chi connectivity index (χ2n) is 11.7. The van der Waals surface area contributed by atoms with Crippen LogP contribution in [-0.2, 0) is 10.2 Å². The summed E-state index contributed by atoms with van der Waals surface area (Å²) in [5.41, 5.74) is 2.27. The average molecular weight is 617 g/mol. The molecule has 3 N–H and O–H groups in total. The van der Waals surface area contributed by atoms with Crippen LogP contribution >= 0.6 is 11.8 Å². The van der Waals surface area contributed by atoms with Crippen molar-refractivity contribution in [3.8, 4) is 11.5 Å². The van der Waals surface area contributed by atoms with Gasteiger partial charge in [-0.1, -0.05) is 70.1 Å². The van der Waals surface area contributed by atoms with Crippen molar-refractivity contribution in [3.05, 3.63) is 53.6 Å². The largest absolute Gasteiger partial charge is 0.508 e. The van der Waals surface area contributed by atoms with Gasteiger partial charge in [0.05, 0.1) is 5.92 Å². The Morgan fingerprint density at radius 3 is 2.07 bits per heavy atom. The summed E-state index contributed by atoms with van der Waals surface area (Å²) in [6, 6.07) is 13.0. The Kier molecular flexibility index (Phi) is 12.0. The molecule has 0 fully saturated rings. The normalized spacial score (nSPS) is 19.8. The van der Waals surface area contributed by atoms with Crippen molar-refractivity contribution >= 4 is 17.7 Å². The number of hydrogen-bond acceptors (Lipinski definition) is 4. The molecular weight excluding hydrogens is 575 g/mol. The third-order valence-electron chi connectivity index (χ3n) is 8.55. The summed E-state index contributed by atoms with van der Waals surface area (Å²) < 4.78 is 63.1. The lowest BCUT2D eigenvalue weighted by atomic mass is 9.68. The summed E-state index contributed by atoms with van der Waals surface area (Å²) in [6.45, 7) is 2.26. The highest BCUT2D eigenvalue weighted by Crippen LogP contribution is 2.52. The van der Waals surface area contributed by atoms with Crippen molar-refractivity contribution in [1.82, 2.24) is 0 Å². The van der Waals surface area contributed by atoms with E-state index in [1.807, 2.05) is 24.3 Å². The van der Waals surface area contributed by atoms with E-state index in [9.17, 15) is 42.1 Å². The van der Waals surface area contributed by atoms with Crippen molar-refractivity contribution in [2.24, 2.45) is 5.92 Å². The van der Waals surface area contributed by atoms with Crippen LogP contribution in [0.25, 0.3) is 0 Å². The Labute approximate surface area is 248 Å². The molecule has 234 valence electrons. The summed E-state index contributed by atoms with van der Waals surface area (Å²) in [6.07, 6.45) is -0.0611. The number of aromatic hydroxyl groups is 2. The molecule has 0 unspecified atom stereocenters. The van der Waals surface area contributed by atoms with Gasteiger partial charge in [-0.2, -0.15) is 22.0 Å². The fraction of sp³-hybridized carbons (Fsp3) is 0.594. The van der Waals surface area contributed by atoms with Gasteiger partial charge in [0.15, 0.2) is 0 Å². The monoisotopic (exact) mass is 616 g/mol. The Balaban J connectivity index is 1.41. The SMILES string of the molecule is C[C@]1(c2ccc(O)cc2)CSc2cc(O)ccc2[C@H]1CCCCCCCCC[C@@H](CCCC(F)(F)C(F)(F)F)C(=O)O. The molecule has 2 aromatic carbocycles. The summed E-state index contributed by atoms with van der Waals surface area (Å²) in [5, 5.41) is 29.1. The van der Waals surface area contributed by atoms with E-state index < -0.39 is 36.8 Å². The molecule has 42 heavy (non-hydrogen) atoms. The third-order valence-corrected chi connectivity index (χ3v) is 9.96. The molecule has 3 atom stereocenters. The molecule has 0 saturated carbocycles. The van der Waals surface area contributed by atoms with Crippen molar-refractivity contribution in [2.75, 3.05) is 5.75 Å². The van der Waals surface area contributed by atoms with Gasteiger partial charge >= 0.3 is 18.1 Å². The van der Waals surface area contributed by atoms with Crippen molar-refractivity contribution < 1.29 is 42.1 Å². The maximum absolute atomic E-state index is 13.1. The van der Waals surface area contributed by atoms with Gasteiger partial charge in [-0.15, -0.1) is 11.8 Å². The van der Waals surface area contributed by atoms with Crippen LogP contribution in [0.15, 0.2) is 47.4 Å². The lowest BCUT2D eigenvalue weighted by molar-refractivity contribution is -0.284. The van der Waals surface area contributed by atoms with Crippen LogP contribution in [0.2, 0.25) is 0 Å². The van der Waals surface area contributed by atoms with Gasteiger partial charge < -0.3 is 15.3 Å². The molecule has 0 bridgehead atoms. The predicted molar refractivity (Wildman–Crippen MR) is 155 cm³/mol. The van der Waals surface area contributed by atoms with E-state index in [0.717, 1.165) is 55.6 Å². The molecule has 4 nitrogen and oxygen atoms in total. The number of benzene rings is 2. The summed E-state index contributed by atoms with van der Waals surface area (Å²) >= 11 is 1.74. The highest BCUT2D eigenvalue weighted by molar-refractivity contribution is 7.99. The fourth-order valence-corrected chi connectivity index (χ4v) is 7.34. The molecule has 0 saturated heterocycles. The Morgan fingerprint density at radius 1 is 0.881 bits per heavy atom. The zero-order valence-electron chi connectivity index (χ0n) is 23.9. The van der Waals surface area contributed by atoms with E-state index >= 15 is 0 Å². The Morgan fingerprint density at radius 2 is 1.45 bits per heavy atom. The number of fused-ring (bicyclic) bond motifs is 1. The molecule has 1 heterocycles. The van der Waals surface area contributed by atoms with Gasteiger partial charge in [0.2, 0.25) is 0 Å². The topological polar surface area (TPSA) is 77.8 Å². The summed E-state index contributed by atoms with van der Waals surface area (Å²) in [4.78, 5) is 12.5. The molecular formula is C32H41F5O4S. The number of carbonyl (C=O) groups is 1. The number of unbranched alkanes of at least 4 members (excludes halogenated alkanes) is 6. The first-order valence-corrected chi connectivity index (χ1v) is 15.7. The van der Waals surface area contributed by atoms with Crippen molar-refractivity contribution in [3.63, 3.8) is 0 Å². The van der Waals surface area contributed by atoms with E-state index in [0.29, 0.717) is 6.42 Å². The minimum Gasteiger partial charge on any atom is -0.508 e. The smallest absolute Gasteiger partial charge is 0.453 e. The maximum atomic E-state index is 13.1. The molecule has 10 heteroatoms. The number of thioether (sulfide) groups is 1. The number of phenols is 2. The minimum atomic E-state index is -5.61. The number of hydrogen-bond donors (Lipinski definition) is 3. The number of halogens is 5. The number of carboxylic acid groups (broad SMARTS) is 1. The first-order chi connectivity index (χ1) is 19.7. The molecule has 0 spiro atoms. The maximum Gasteiger partial charge on any atom is 0.453 e. The molecule has 0 radical (unpaired) electrons. The molecule has 0 aliphatic carbocycles. The zero-order valence-corrected chi connectivity index (χ0v) is 24.8. The van der Waals surface area contributed by atoms with Gasteiger partial charge in [-0.05, 0) is 67.0 Å². The standard InChI is InChI=1S/C32H41F5O4S/c1-30(23-13-15-24(38)16-14-23)21-42-28-20-25(39)17-18-26(28)27(30)12-8-6-4-2-3-5-7-10-22(29(40)41)11-9-19-31(33,34)32(35,36)37/h13-18,20,22,27,38-39H,2-12,19,21H2,1H3,(H,40,41)/t22-,27+,30+/m0/s1. The van der Waals surface area contributed by atoms with Gasteiger partial charge in [0.1, 0.15) is 11.5 Å². The van der Waals surface area contributed by atoms with Crippen LogP contribution < -0.4 is 0 Å². The first kappa shape index (κ1) is 34.0. The summed E-state index contributed by atoms with van der Waals surface area (Å²) in [7, 11) is 0. The third kappa shape index (κ3) is 9.01. The highest BCUT2D eigenvalue weighted by Gasteiger charge is 2.56. The summed E-state index contributed by atoms with van der Waals surface area (Å²) in [5.74, 6) is -5.24.